The van der Waals surface area contributed by atoms with Crippen LogP contribution in [0.1, 0.15) is 0 Å². The number of halogens is 1. The van der Waals surface area contributed by atoms with Gasteiger partial charge in [0.15, 0.2) is 16.6 Å². The van der Waals surface area contributed by atoms with E-state index in [-0.39, 0.29) is 16.8 Å². The summed E-state index contributed by atoms with van der Waals surface area (Å²) in [5.74, 6) is 1.46. The van der Waals surface area contributed by atoms with Gasteiger partial charge in [0.25, 0.3) is 0 Å². The van der Waals surface area contributed by atoms with Crippen LogP contribution in [0, 0.1) is 0 Å². The zero-order valence-electron chi connectivity index (χ0n) is 13.6. The molecule has 3 rings (SSSR count). The minimum absolute atomic E-state index is 0.204. The number of hydrogen-bond acceptors (Lipinski definition) is 5. The number of hydrazine groups is 1. The van der Waals surface area contributed by atoms with Gasteiger partial charge in [-0.15, -0.1) is 11.8 Å². The van der Waals surface area contributed by atoms with Crippen LogP contribution in [0.2, 0.25) is 5.02 Å². The summed E-state index contributed by atoms with van der Waals surface area (Å²) in [7, 11) is 0. The molecule has 0 saturated carbocycles. The van der Waals surface area contributed by atoms with Crippen LogP contribution in [0.4, 0.5) is 5.69 Å². The van der Waals surface area contributed by atoms with Crippen LogP contribution in [0.25, 0.3) is 0 Å². The number of thiocarbonyl (C=S) groups is 1. The van der Waals surface area contributed by atoms with Crippen molar-refractivity contribution in [1.82, 2.24) is 10.9 Å². The predicted molar refractivity (Wildman–Crippen MR) is 107 cm³/mol. The van der Waals surface area contributed by atoms with Crippen molar-refractivity contribution in [3.8, 4) is 11.5 Å². The van der Waals surface area contributed by atoms with E-state index in [9.17, 15) is 4.79 Å². The highest BCUT2D eigenvalue weighted by molar-refractivity contribution is 8.00. The van der Waals surface area contributed by atoms with E-state index < -0.39 is 0 Å². The van der Waals surface area contributed by atoms with Gasteiger partial charge in [-0.1, -0.05) is 11.6 Å². The number of amides is 1. The van der Waals surface area contributed by atoms with E-state index in [1.165, 1.54) is 11.8 Å². The summed E-state index contributed by atoms with van der Waals surface area (Å²) in [5.41, 5.74) is 5.98. The zero-order valence-corrected chi connectivity index (χ0v) is 16.0. The molecule has 3 N–H and O–H groups in total. The fourth-order valence-electron chi connectivity index (χ4n) is 2.12. The molecular weight excluding hydrogens is 394 g/mol. The van der Waals surface area contributed by atoms with Gasteiger partial charge >= 0.3 is 0 Å². The van der Waals surface area contributed by atoms with Crippen LogP contribution < -0.4 is 25.6 Å². The first-order chi connectivity index (χ1) is 12.6. The standard InChI is InChI=1S/C17H16ClN3O3S2/c18-11-1-3-12(4-2-11)19-17(25)21-20-16(22)10-26-13-5-6-14-15(9-13)24-8-7-23-14/h1-6,9H,7-8,10H2,(H,20,22)(H2,19,21,25). The SMILES string of the molecule is O=C(CSc1ccc2c(c1)OCCO2)NNC(=S)Nc1ccc(Cl)cc1. The number of anilines is 1. The van der Waals surface area contributed by atoms with Crippen LogP contribution in [-0.2, 0) is 4.79 Å². The number of nitrogens with one attached hydrogen (secondary N) is 3. The molecule has 0 aliphatic carbocycles. The van der Waals surface area contributed by atoms with Crippen molar-refractivity contribution in [3.63, 3.8) is 0 Å². The quantitative estimate of drug-likeness (QED) is 0.407. The highest BCUT2D eigenvalue weighted by atomic mass is 35.5. The first-order valence-electron chi connectivity index (χ1n) is 7.74. The first-order valence-corrected chi connectivity index (χ1v) is 9.51. The summed E-state index contributed by atoms with van der Waals surface area (Å²) < 4.78 is 11.0. The van der Waals surface area contributed by atoms with Gasteiger partial charge in [0.1, 0.15) is 13.2 Å². The Balaban J connectivity index is 1.41. The lowest BCUT2D eigenvalue weighted by Crippen LogP contribution is -2.44. The Kier molecular flexibility index (Phi) is 6.43. The van der Waals surface area contributed by atoms with Gasteiger partial charge in [-0.2, -0.15) is 0 Å². The lowest BCUT2D eigenvalue weighted by molar-refractivity contribution is -0.119. The van der Waals surface area contributed by atoms with E-state index >= 15 is 0 Å². The number of thioether (sulfide) groups is 1. The molecule has 2 aromatic carbocycles. The van der Waals surface area contributed by atoms with Crippen molar-refractivity contribution in [2.75, 3.05) is 24.3 Å². The Morgan fingerprint density at radius 1 is 1.08 bits per heavy atom. The molecule has 0 unspecified atom stereocenters. The van der Waals surface area contributed by atoms with Gasteiger partial charge in [-0.25, -0.2) is 0 Å². The molecule has 1 heterocycles. The van der Waals surface area contributed by atoms with E-state index in [1.807, 2.05) is 18.2 Å². The summed E-state index contributed by atoms with van der Waals surface area (Å²) in [6.07, 6.45) is 0. The molecule has 0 fully saturated rings. The van der Waals surface area contributed by atoms with Crippen LogP contribution in [0.3, 0.4) is 0 Å². The Bertz CT molecular complexity index is 802. The van der Waals surface area contributed by atoms with E-state index in [1.54, 1.807) is 24.3 Å². The molecule has 1 aliphatic heterocycles. The predicted octanol–water partition coefficient (Wildman–Crippen LogP) is 3.22. The lowest BCUT2D eigenvalue weighted by atomic mass is 10.3. The average Bonchev–Trinajstić information content (AvgIpc) is 2.66. The fourth-order valence-corrected chi connectivity index (χ4v) is 3.14. The Morgan fingerprint density at radius 2 is 1.81 bits per heavy atom. The van der Waals surface area contributed by atoms with Crippen molar-refractivity contribution in [2.24, 2.45) is 0 Å². The Morgan fingerprint density at radius 3 is 2.58 bits per heavy atom. The van der Waals surface area contributed by atoms with Crippen molar-refractivity contribution in [3.05, 3.63) is 47.5 Å². The summed E-state index contributed by atoms with van der Waals surface area (Å²) in [4.78, 5) is 12.9. The number of fused-ring (bicyclic) bond motifs is 1. The third-order valence-electron chi connectivity index (χ3n) is 3.30. The molecule has 2 aromatic rings. The van der Waals surface area contributed by atoms with E-state index in [2.05, 4.69) is 16.2 Å². The second kappa shape index (κ2) is 8.98. The molecule has 1 aliphatic rings. The summed E-state index contributed by atoms with van der Waals surface area (Å²) in [6.45, 7) is 1.08. The van der Waals surface area contributed by atoms with Crippen molar-refractivity contribution in [1.29, 1.82) is 0 Å². The second-order valence-corrected chi connectivity index (χ2v) is 7.12. The zero-order chi connectivity index (χ0) is 18.4. The number of benzene rings is 2. The van der Waals surface area contributed by atoms with E-state index in [0.717, 1.165) is 16.3 Å². The maximum atomic E-state index is 12.0. The molecular formula is C17H16ClN3O3S2. The number of rotatable bonds is 4. The third-order valence-corrected chi connectivity index (χ3v) is 4.75. The Labute approximate surface area is 165 Å². The molecule has 1 amide bonds. The van der Waals surface area contributed by atoms with Crippen LogP contribution in [-0.4, -0.2) is 30.0 Å². The molecule has 0 aromatic heterocycles. The number of hydrogen-bond donors (Lipinski definition) is 3. The minimum atomic E-state index is -0.204. The molecule has 0 bridgehead atoms. The van der Waals surface area contributed by atoms with Crippen molar-refractivity contribution < 1.29 is 14.3 Å². The summed E-state index contributed by atoms with van der Waals surface area (Å²) >= 11 is 12.3. The van der Waals surface area contributed by atoms with Crippen LogP contribution in [0.15, 0.2) is 47.4 Å². The van der Waals surface area contributed by atoms with Gasteiger partial charge in [0.05, 0.1) is 5.75 Å². The van der Waals surface area contributed by atoms with Crippen molar-refractivity contribution in [2.45, 2.75) is 4.90 Å². The maximum absolute atomic E-state index is 12.0. The topological polar surface area (TPSA) is 71.6 Å². The molecule has 0 spiro atoms. The fraction of sp³-hybridized carbons (Fsp3) is 0.176. The summed E-state index contributed by atoms with van der Waals surface area (Å²) in [5, 5.41) is 3.86. The Hall–Kier alpha value is -2.16. The second-order valence-electron chi connectivity index (χ2n) is 5.23. The normalized spacial score (nSPS) is 12.2. The molecule has 6 nitrogen and oxygen atoms in total. The van der Waals surface area contributed by atoms with Crippen LogP contribution >= 0.6 is 35.6 Å². The molecule has 0 atom stereocenters. The molecule has 26 heavy (non-hydrogen) atoms. The third kappa shape index (κ3) is 5.42. The molecule has 9 heteroatoms. The smallest absolute Gasteiger partial charge is 0.248 e. The lowest BCUT2D eigenvalue weighted by Gasteiger charge is -2.18. The summed E-state index contributed by atoms with van der Waals surface area (Å²) in [6, 6.07) is 12.7. The van der Waals surface area contributed by atoms with E-state index in [4.69, 9.17) is 33.3 Å². The van der Waals surface area contributed by atoms with Gasteiger partial charge in [-0.3, -0.25) is 15.6 Å². The first kappa shape index (κ1) is 18.6. The monoisotopic (exact) mass is 409 g/mol. The van der Waals surface area contributed by atoms with Gasteiger partial charge in [-0.05, 0) is 54.7 Å². The number of ether oxygens (including phenoxy) is 2. The van der Waals surface area contributed by atoms with Gasteiger partial charge < -0.3 is 14.8 Å². The maximum Gasteiger partial charge on any atom is 0.248 e. The molecule has 0 radical (unpaired) electrons. The number of carbonyl (C=O) groups excluding carboxylic acids is 1. The number of carbonyl (C=O) groups is 1. The van der Waals surface area contributed by atoms with Crippen molar-refractivity contribution >= 4 is 52.3 Å². The van der Waals surface area contributed by atoms with E-state index in [0.29, 0.717) is 24.0 Å². The molecule has 136 valence electrons. The highest BCUT2D eigenvalue weighted by Crippen LogP contribution is 2.34. The van der Waals surface area contributed by atoms with Gasteiger partial charge in [0.2, 0.25) is 5.91 Å². The molecule has 0 saturated heterocycles. The minimum Gasteiger partial charge on any atom is -0.486 e. The highest BCUT2D eigenvalue weighted by Gasteiger charge is 2.12. The van der Waals surface area contributed by atoms with Gasteiger partial charge in [0, 0.05) is 15.6 Å². The average molecular weight is 410 g/mol. The van der Waals surface area contributed by atoms with Crippen LogP contribution in [0.5, 0.6) is 11.5 Å². The largest absolute Gasteiger partial charge is 0.486 e.